The van der Waals surface area contributed by atoms with E-state index in [1.54, 1.807) is 12.1 Å². The number of rotatable bonds is 5. The Labute approximate surface area is 149 Å². The van der Waals surface area contributed by atoms with Crippen LogP contribution in [0.5, 0.6) is 0 Å². The molecule has 0 aliphatic rings. The molecule has 2 heterocycles. The van der Waals surface area contributed by atoms with Crippen molar-refractivity contribution in [1.82, 2.24) is 15.7 Å². The van der Waals surface area contributed by atoms with Crippen molar-refractivity contribution in [3.63, 3.8) is 0 Å². The van der Waals surface area contributed by atoms with Crippen LogP contribution in [0.15, 0.2) is 44.5 Å². The Hall–Kier alpha value is -3.73. The minimum Gasteiger partial charge on any atom is -0.455 e. The Morgan fingerprint density at radius 2 is 2.15 bits per heavy atom. The Morgan fingerprint density at radius 3 is 2.85 bits per heavy atom. The van der Waals surface area contributed by atoms with Crippen molar-refractivity contribution in [2.75, 3.05) is 5.73 Å². The maximum absolute atomic E-state index is 11.7. The number of benzene rings is 1. The quantitative estimate of drug-likeness (QED) is 0.389. The number of nitro groups is 1. The normalized spacial score (nSPS) is 11.0. The lowest BCUT2D eigenvalue weighted by molar-refractivity contribution is -0.384. The first-order valence-corrected chi connectivity index (χ1v) is 7.29. The minimum absolute atomic E-state index is 0.123. The number of nitro benzene ring substituents is 1. The molecule has 3 rings (SSSR count). The molecule has 0 bridgehead atoms. The number of carbonyl (C=O) groups excluding carboxylic acids is 1. The zero-order valence-electron chi connectivity index (χ0n) is 12.7. The van der Waals surface area contributed by atoms with Gasteiger partial charge in [-0.25, -0.2) is 10.1 Å². The number of aromatic nitrogens is 2. The van der Waals surface area contributed by atoms with Gasteiger partial charge in [0.15, 0.2) is 0 Å². The molecule has 11 nitrogen and oxygen atoms in total. The van der Waals surface area contributed by atoms with E-state index in [1.165, 1.54) is 24.4 Å². The summed E-state index contributed by atoms with van der Waals surface area (Å²) in [7, 11) is 0. The maximum atomic E-state index is 11.7. The maximum Gasteiger partial charge on any atom is 0.297 e. The number of nitrogens with two attached hydrogens (primary N) is 1. The van der Waals surface area contributed by atoms with Crippen molar-refractivity contribution >= 4 is 35.2 Å². The van der Waals surface area contributed by atoms with Gasteiger partial charge in [0.1, 0.15) is 11.5 Å². The molecular formula is C14H9ClN6O5. The molecule has 0 unspecified atom stereocenters. The van der Waals surface area contributed by atoms with Crippen LogP contribution < -0.4 is 11.2 Å². The van der Waals surface area contributed by atoms with E-state index in [4.69, 9.17) is 21.8 Å². The number of non-ortho nitro benzene ring substituents is 1. The molecule has 0 fully saturated rings. The monoisotopic (exact) mass is 376 g/mol. The molecule has 2 aromatic heterocycles. The number of nitrogen functional groups attached to an aromatic ring is 1. The molecule has 0 aliphatic carbocycles. The summed E-state index contributed by atoms with van der Waals surface area (Å²) in [6.07, 6.45) is 1.22. The van der Waals surface area contributed by atoms with Gasteiger partial charge in [0.2, 0.25) is 11.5 Å². The van der Waals surface area contributed by atoms with Crippen molar-refractivity contribution in [2.24, 2.45) is 5.10 Å². The first kappa shape index (κ1) is 17.1. The number of nitrogens with one attached hydrogen (secondary N) is 1. The zero-order valence-corrected chi connectivity index (χ0v) is 13.5. The third-order valence-corrected chi connectivity index (χ3v) is 3.47. The number of amides is 1. The molecular weight excluding hydrogens is 368 g/mol. The molecule has 0 radical (unpaired) electrons. The van der Waals surface area contributed by atoms with E-state index in [1.807, 2.05) is 0 Å². The standard InChI is InChI=1S/C14H9ClN6O5/c15-10-3-1-7(21(23)24)5-9(10)11-4-2-8(25-11)6-17-18-14(22)12-13(16)20-26-19-12/h1-6H,(H2,16,20)(H,18,22). The highest BCUT2D eigenvalue weighted by molar-refractivity contribution is 6.33. The number of hydrogen-bond acceptors (Lipinski definition) is 9. The highest BCUT2D eigenvalue weighted by Crippen LogP contribution is 2.32. The van der Waals surface area contributed by atoms with Crippen molar-refractivity contribution in [1.29, 1.82) is 0 Å². The van der Waals surface area contributed by atoms with Crippen LogP contribution >= 0.6 is 11.6 Å². The number of hydrazone groups is 1. The summed E-state index contributed by atoms with van der Waals surface area (Å²) in [5.41, 5.74) is 7.58. The Bertz CT molecular complexity index is 1010. The van der Waals surface area contributed by atoms with Crippen molar-refractivity contribution in [3.8, 4) is 11.3 Å². The fraction of sp³-hybridized carbons (Fsp3) is 0. The van der Waals surface area contributed by atoms with E-state index < -0.39 is 10.8 Å². The van der Waals surface area contributed by atoms with Gasteiger partial charge in [-0.1, -0.05) is 11.6 Å². The summed E-state index contributed by atoms with van der Waals surface area (Å²) in [5, 5.41) is 21.4. The molecule has 0 aliphatic heterocycles. The predicted molar refractivity (Wildman–Crippen MR) is 89.6 cm³/mol. The SMILES string of the molecule is Nc1nonc1C(=O)NN=Cc1ccc(-c2cc([N+](=O)[O-])ccc2Cl)o1. The number of hydrogen-bond donors (Lipinski definition) is 2. The van der Waals surface area contributed by atoms with Crippen LogP contribution in [-0.2, 0) is 0 Å². The molecule has 1 aromatic carbocycles. The Morgan fingerprint density at radius 1 is 1.35 bits per heavy atom. The highest BCUT2D eigenvalue weighted by Gasteiger charge is 2.16. The third-order valence-electron chi connectivity index (χ3n) is 3.14. The second-order valence-corrected chi connectivity index (χ2v) is 5.23. The van der Waals surface area contributed by atoms with Gasteiger partial charge in [-0.15, -0.1) is 0 Å². The predicted octanol–water partition coefficient (Wildman–Crippen LogP) is 2.24. The van der Waals surface area contributed by atoms with E-state index in [-0.39, 0.29) is 28.0 Å². The molecule has 1 amide bonds. The van der Waals surface area contributed by atoms with E-state index in [0.717, 1.165) is 0 Å². The Balaban J connectivity index is 1.74. The average Bonchev–Trinajstić information content (AvgIpc) is 3.24. The van der Waals surface area contributed by atoms with Gasteiger partial charge in [0.25, 0.3) is 11.6 Å². The lowest BCUT2D eigenvalue weighted by Crippen LogP contribution is -2.19. The summed E-state index contributed by atoms with van der Waals surface area (Å²) < 4.78 is 9.81. The largest absolute Gasteiger partial charge is 0.455 e. The van der Waals surface area contributed by atoms with Crippen LogP contribution in [0.1, 0.15) is 16.2 Å². The van der Waals surface area contributed by atoms with Crippen LogP contribution in [0.3, 0.4) is 0 Å². The lowest BCUT2D eigenvalue weighted by Gasteiger charge is -2.00. The van der Waals surface area contributed by atoms with Crippen LogP contribution in [0.25, 0.3) is 11.3 Å². The van der Waals surface area contributed by atoms with Crippen LogP contribution in [-0.4, -0.2) is 27.4 Å². The third kappa shape index (κ3) is 3.52. The first-order valence-electron chi connectivity index (χ1n) is 6.91. The fourth-order valence-corrected chi connectivity index (χ4v) is 2.15. The summed E-state index contributed by atoms with van der Waals surface area (Å²) in [6, 6.07) is 7.10. The van der Waals surface area contributed by atoms with Gasteiger partial charge in [-0.3, -0.25) is 14.9 Å². The molecule has 12 heteroatoms. The van der Waals surface area contributed by atoms with Gasteiger partial charge in [0.05, 0.1) is 16.2 Å². The molecule has 0 spiro atoms. The van der Waals surface area contributed by atoms with Gasteiger partial charge in [0, 0.05) is 17.7 Å². The number of nitrogens with zero attached hydrogens (tertiary/aromatic N) is 4. The van der Waals surface area contributed by atoms with E-state index in [9.17, 15) is 14.9 Å². The van der Waals surface area contributed by atoms with Crippen LogP contribution in [0.2, 0.25) is 5.02 Å². The van der Waals surface area contributed by atoms with Gasteiger partial charge in [-0.2, -0.15) is 5.10 Å². The molecule has 0 saturated carbocycles. The van der Waals surface area contributed by atoms with Gasteiger partial charge in [-0.05, 0) is 28.5 Å². The smallest absolute Gasteiger partial charge is 0.297 e. The highest BCUT2D eigenvalue weighted by atomic mass is 35.5. The van der Waals surface area contributed by atoms with Gasteiger partial charge < -0.3 is 10.2 Å². The second-order valence-electron chi connectivity index (χ2n) is 4.82. The molecule has 3 N–H and O–H groups in total. The molecule has 3 aromatic rings. The van der Waals surface area contributed by atoms with E-state index >= 15 is 0 Å². The van der Waals surface area contributed by atoms with Crippen molar-refractivity contribution < 1.29 is 18.8 Å². The molecule has 26 heavy (non-hydrogen) atoms. The number of anilines is 1. The number of furan rings is 1. The summed E-state index contributed by atoms with van der Waals surface area (Å²) in [5.74, 6) is -0.308. The summed E-state index contributed by atoms with van der Waals surface area (Å²) in [4.78, 5) is 22.0. The number of carbonyl (C=O) groups is 1. The molecule has 0 atom stereocenters. The van der Waals surface area contributed by atoms with Crippen LogP contribution in [0, 0.1) is 10.1 Å². The average molecular weight is 377 g/mol. The molecule has 0 saturated heterocycles. The summed E-state index contributed by atoms with van der Waals surface area (Å²) >= 11 is 6.06. The second kappa shape index (κ2) is 7.03. The van der Waals surface area contributed by atoms with E-state index in [2.05, 4.69) is 25.5 Å². The zero-order chi connectivity index (χ0) is 18.7. The molecule has 132 valence electrons. The van der Waals surface area contributed by atoms with Crippen molar-refractivity contribution in [2.45, 2.75) is 0 Å². The lowest BCUT2D eigenvalue weighted by atomic mass is 10.1. The summed E-state index contributed by atoms with van der Waals surface area (Å²) in [6.45, 7) is 0. The van der Waals surface area contributed by atoms with Crippen LogP contribution in [0.4, 0.5) is 11.5 Å². The number of halogens is 1. The van der Waals surface area contributed by atoms with Crippen molar-refractivity contribution in [3.05, 3.63) is 56.9 Å². The van der Waals surface area contributed by atoms with E-state index in [0.29, 0.717) is 11.3 Å². The Kier molecular flexibility index (Phi) is 4.62. The van der Waals surface area contributed by atoms with Gasteiger partial charge >= 0.3 is 0 Å². The topological polar surface area (TPSA) is 163 Å². The first-order chi connectivity index (χ1) is 12.5. The minimum atomic E-state index is -0.714. The fourth-order valence-electron chi connectivity index (χ4n) is 1.94.